The van der Waals surface area contributed by atoms with E-state index in [9.17, 15) is 4.79 Å². The summed E-state index contributed by atoms with van der Waals surface area (Å²) in [6, 6.07) is 2.36. The summed E-state index contributed by atoms with van der Waals surface area (Å²) in [7, 11) is 0. The number of carbonyl (C=O) groups is 1. The molecule has 0 spiro atoms. The number of aromatic amines is 1. The molecule has 1 saturated heterocycles. The highest BCUT2D eigenvalue weighted by molar-refractivity contribution is 5.74. The number of aromatic nitrogens is 4. The molecule has 7 heteroatoms. The number of H-pyrrole nitrogens is 1. The van der Waals surface area contributed by atoms with Gasteiger partial charge in [0, 0.05) is 24.5 Å². The Bertz CT molecular complexity index is 761. The van der Waals surface area contributed by atoms with Gasteiger partial charge in [-0.2, -0.15) is 10.2 Å². The SMILES string of the molecule is Cc1cc(C)n(C2CCN(C(=O)NCc3n[nH]c4c3CCC4)C2)n1. The molecule has 2 aliphatic rings. The number of hydrogen-bond acceptors (Lipinski definition) is 3. The largest absolute Gasteiger partial charge is 0.332 e. The van der Waals surface area contributed by atoms with Gasteiger partial charge in [0.25, 0.3) is 0 Å². The maximum absolute atomic E-state index is 12.5. The van der Waals surface area contributed by atoms with Crippen LogP contribution in [-0.2, 0) is 19.4 Å². The average Bonchev–Trinajstić information content (AvgIpc) is 3.28. The monoisotopic (exact) mass is 328 g/mol. The Labute approximate surface area is 141 Å². The molecule has 1 aliphatic carbocycles. The fourth-order valence-corrected chi connectivity index (χ4v) is 3.95. The van der Waals surface area contributed by atoms with E-state index in [1.165, 1.54) is 17.7 Å². The summed E-state index contributed by atoms with van der Waals surface area (Å²) in [5.41, 5.74) is 5.72. The number of carbonyl (C=O) groups excluding carboxylic acids is 1. The first kappa shape index (κ1) is 15.2. The van der Waals surface area contributed by atoms with Gasteiger partial charge in [0.2, 0.25) is 0 Å². The second-order valence-electron chi connectivity index (χ2n) is 6.90. The number of likely N-dealkylation sites (tertiary alicyclic amines) is 1. The molecular formula is C17H24N6O. The van der Waals surface area contributed by atoms with Gasteiger partial charge in [-0.15, -0.1) is 0 Å². The van der Waals surface area contributed by atoms with Crippen LogP contribution >= 0.6 is 0 Å². The van der Waals surface area contributed by atoms with Gasteiger partial charge in [0.05, 0.1) is 24.0 Å². The number of rotatable bonds is 3. The Kier molecular flexibility index (Phi) is 3.78. The lowest BCUT2D eigenvalue weighted by atomic mass is 10.2. The van der Waals surface area contributed by atoms with E-state index in [4.69, 9.17) is 0 Å². The summed E-state index contributed by atoms with van der Waals surface area (Å²) in [4.78, 5) is 14.3. The standard InChI is InChI=1S/C17H24N6O/c1-11-8-12(2)23(21-11)13-6-7-22(10-13)17(24)18-9-16-14-4-3-5-15(14)19-20-16/h8,13H,3-7,9-10H2,1-2H3,(H,18,24)(H,19,20). The van der Waals surface area contributed by atoms with E-state index in [-0.39, 0.29) is 12.1 Å². The van der Waals surface area contributed by atoms with E-state index in [0.717, 1.165) is 42.9 Å². The lowest BCUT2D eigenvalue weighted by molar-refractivity contribution is 0.206. The lowest BCUT2D eigenvalue weighted by Gasteiger charge is -2.18. The summed E-state index contributed by atoms with van der Waals surface area (Å²) in [6.45, 7) is 6.07. The van der Waals surface area contributed by atoms with Crippen LogP contribution < -0.4 is 5.32 Å². The number of aryl methyl sites for hydroxylation is 3. The van der Waals surface area contributed by atoms with Crippen molar-refractivity contribution >= 4 is 6.03 Å². The Morgan fingerprint density at radius 2 is 2.29 bits per heavy atom. The molecule has 0 radical (unpaired) electrons. The van der Waals surface area contributed by atoms with Crippen molar-refractivity contribution in [1.82, 2.24) is 30.2 Å². The van der Waals surface area contributed by atoms with Gasteiger partial charge in [0.1, 0.15) is 0 Å². The van der Waals surface area contributed by atoms with Gasteiger partial charge < -0.3 is 10.2 Å². The molecule has 4 rings (SSSR count). The molecule has 7 nitrogen and oxygen atoms in total. The highest BCUT2D eigenvalue weighted by Gasteiger charge is 2.29. The Morgan fingerprint density at radius 3 is 3.08 bits per heavy atom. The Balaban J connectivity index is 1.35. The van der Waals surface area contributed by atoms with Crippen LogP contribution in [0.25, 0.3) is 0 Å². The lowest BCUT2D eigenvalue weighted by Crippen LogP contribution is -2.38. The molecule has 128 valence electrons. The number of fused-ring (bicyclic) bond motifs is 1. The van der Waals surface area contributed by atoms with Crippen molar-refractivity contribution in [2.45, 2.75) is 52.1 Å². The quantitative estimate of drug-likeness (QED) is 0.903. The summed E-state index contributed by atoms with van der Waals surface area (Å²) in [5.74, 6) is 0. The predicted molar refractivity (Wildman–Crippen MR) is 89.8 cm³/mol. The zero-order valence-corrected chi connectivity index (χ0v) is 14.3. The van der Waals surface area contributed by atoms with Gasteiger partial charge >= 0.3 is 6.03 Å². The van der Waals surface area contributed by atoms with Crippen LogP contribution in [0.2, 0.25) is 0 Å². The van der Waals surface area contributed by atoms with Crippen molar-refractivity contribution in [1.29, 1.82) is 0 Å². The third-order valence-electron chi connectivity index (χ3n) is 5.14. The highest BCUT2D eigenvalue weighted by atomic mass is 16.2. The van der Waals surface area contributed by atoms with Gasteiger partial charge in [0.15, 0.2) is 0 Å². The number of nitrogens with zero attached hydrogens (tertiary/aromatic N) is 4. The smallest absolute Gasteiger partial charge is 0.317 e. The number of nitrogens with one attached hydrogen (secondary N) is 2. The molecule has 2 aromatic heterocycles. The van der Waals surface area contributed by atoms with Crippen LogP contribution in [0, 0.1) is 13.8 Å². The van der Waals surface area contributed by atoms with E-state index in [1.54, 1.807) is 0 Å². The second kappa shape index (κ2) is 5.96. The van der Waals surface area contributed by atoms with Crippen molar-refractivity contribution in [2.75, 3.05) is 13.1 Å². The van der Waals surface area contributed by atoms with Gasteiger partial charge in [-0.1, -0.05) is 0 Å². The fourth-order valence-electron chi connectivity index (χ4n) is 3.95. The van der Waals surface area contributed by atoms with Gasteiger partial charge in [-0.05, 0) is 51.2 Å². The minimum absolute atomic E-state index is 0.00576. The van der Waals surface area contributed by atoms with Crippen molar-refractivity contribution in [3.8, 4) is 0 Å². The molecule has 0 bridgehead atoms. The molecule has 24 heavy (non-hydrogen) atoms. The van der Waals surface area contributed by atoms with E-state index in [1.807, 2.05) is 11.8 Å². The molecule has 3 heterocycles. The van der Waals surface area contributed by atoms with E-state index in [0.29, 0.717) is 13.1 Å². The first-order chi connectivity index (χ1) is 11.6. The minimum atomic E-state index is -0.00576. The number of hydrogen-bond donors (Lipinski definition) is 2. The molecule has 1 atom stereocenters. The van der Waals surface area contributed by atoms with Crippen molar-refractivity contribution in [3.63, 3.8) is 0 Å². The fraction of sp³-hybridized carbons (Fsp3) is 0.588. The van der Waals surface area contributed by atoms with Crippen LogP contribution in [0.3, 0.4) is 0 Å². The van der Waals surface area contributed by atoms with Crippen LogP contribution in [0.4, 0.5) is 4.79 Å². The zero-order chi connectivity index (χ0) is 16.7. The van der Waals surface area contributed by atoms with E-state index in [2.05, 4.69) is 38.3 Å². The average molecular weight is 328 g/mol. The molecule has 2 amide bonds. The highest BCUT2D eigenvalue weighted by Crippen LogP contribution is 2.24. The van der Waals surface area contributed by atoms with Crippen molar-refractivity contribution < 1.29 is 4.79 Å². The van der Waals surface area contributed by atoms with Gasteiger partial charge in [-0.25, -0.2) is 4.79 Å². The predicted octanol–water partition coefficient (Wildman–Crippen LogP) is 1.87. The molecule has 1 unspecified atom stereocenters. The first-order valence-corrected chi connectivity index (χ1v) is 8.72. The first-order valence-electron chi connectivity index (χ1n) is 8.72. The van der Waals surface area contributed by atoms with Gasteiger partial charge in [-0.3, -0.25) is 9.78 Å². The normalized spacial score (nSPS) is 19.8. The molecular weight excluding hydrogens is 304 g/mol. The zero-order valence-electron chi connectivity index (χ0n) is 14.3. The maximum Gasteiger partial charge on any atom is 0.317 e. The molecule has 1 aliphatic heterocycles. The molecule has 2 aromatic rings. The number of amides is 2. The topological polar surface area (TPSA) is 78.8 Å². The summed E-state index contributed by atoms with van der Waals surface area (Å²) < 4.78 is 2.06. The van der Waals surface area contributed by atoms with Crippen molar-refractivity contribution in [2.24, 2.45) is 0 Å². The molecule has 2 N–H and O–H groups in total. The second-order valence-corrected chi connectivity index (χ2v) is 6.90. The molecule has 0 saturated carbocycles. The summed E-state index contributed by atoms with van der Waals surface area (Å²) in [6.07, 6.45) is 4.28. The summed E-state index contributed by atoms with van der Waals surface area (Å²) >= 11 is 0. The maximum atomic E-state index is 12.5. The minimum Gasteiger partial charge on any atom is -0.332 e. The van der Waals surface area contributed by atoms with Crippen LogP contribution in [-0.4, -0.2) is 44.0 Å². The van der Waals surface area contributed by atoms with Crippen LogP contribution in [0.5, 0.6) is 0 Å². The van der Waals surface area contributed by atoms with Crippen LogP contribution in [0.15, 0.2) is 6.07 Å². The summed E-state index contributed by atoms with van der Waals surface area (Å²) in [5, 5.41) is 15.0. The van der Waals surface area contributed by atoms with Crippen LogP contribution in [0.1, 0.15) is 47.2 Å². The van der Waals surface area contributed by atoms with E-state index < -0.39 is 0 Å². The third kappa shape index (κ3) is 2.68. The molecule has 1 fully saturated rings. The Hall–Kier alpha value is -2.31. The third-order valence-corrected chi connectivity index (χ3v) is 5.14. The van der Waals surface area contributed by atoms with E-state index >= 15 is 0 Å². The Morgan fingerprint density at radius 1 is 1.42 bits per heavy atom. The molecule has 0 aromatic carbocycles. The van der Waals surface area contributed by atoms with Crippen molar-refractivity contribution in [3.05, 3.63) is 34.4 Å². The number of urea groups is 1.